The van der Waals surface area contributed by atoms with Gasteiger partial charge in [-0.05, 0) is 31.1 Å². The molecule has 0 radical (unpaired) electrons. The van der Waals surface area contributed by atoms with Gasteiger partial charge in [0.15, 0.2) is 0 Å². The van der Waals surface area contributed by atoms with Crippen LogP contribution in [-0.2, 0) is 9.53 Å². The lowest BCUT2D eigenvalue weighted by Crippen LogP contribution is -2.30. The van der Waals surface area contributed by atoms with Gasteiger partial charge in [0.05, 0.1) is 5.56 Å². The summed E-state index contributed by atoms with van der Waals surface area (Å²) in [4.78, 5) is 22.6. The average molecular weight is 260 g/mol. The van der Waals surface area contributed by atoms with Gasteiger partial charge >= 0.3 is 11.9 Å². The summed E-state index contributed by atoms with van der Waals surface area (Å²) in [6.07, 6.45) is 4.18. The minimum atomic E-state index is -0.952. The van der Waals surface area contributed by atoms with Crippen molar-refractivity contribution in [3.8, 4) is 0 Å². The molecule has 4 heteroatoms. The molecule has 0 spiro atoms. The van der Waals surface area contributed by atoms with E-state index in [0.29, 0.717) is 12.8 Å². The van der Waals surface area contributed by atoms with Crippen molar-refractivity contribution in [2.45, 2.75) is 31.8 Å². The minimum Gasteiger partial charge on any atom is -0.478 e. The van der Waals surface area contributed by atoms with Crippen molar-refractivity contribution in [1.82, 2.24) is 0 Å². The first-order chi connectivity index (χ1) is 9.13. The van der Waals surface area contributed by atoms with E-state index in [1.165, 1.54) is 0 Å². The number of hydrogen-bond acceptors (Lipinski definition) is 3. The molecule has 0 saturated carbocycles. The summed E-state index contributed by atoms with van der Waals surface area (Å²) in [5.41, 5.74) is 1.01. The molecule has 0 bridgehead atoms. The van der Waals surface area contributed by atoms with Gasteiger partial charge in [-0.25, -0.2) is 4.79 Å². The van der Waals surface area contributed by atoms with E-state index in [-0.39, 0.29) is 23.6 Å². The maximum Gasteiger partial charge on any atom is 0.335 e. The van der Waals surface area contributed by atoms with Gasteiger partial charge in [0.1, 0.15) is 6.10 Å². The number of hydrogen-bond donors (Lipinski definition) is 1. The lowest BCUT2D eigenvalue weighted by molar-refractivity contribution is -0.152. The molecule has 1 saturated heterocycles. The first-order valence-electron chi connectivity index (χ1n) is 6.28. The van der Waals surface area contributed by atoms with Gasteiger partial charge in [0.2, 0.25) is 0 Å². The molecule has 1 aromatic carbocycles. The number of carbonyl (C=O) groups excluding carboxylic acids is 1. The number of carboxylic acid groups (broad SMARTS) is 1. The average Bonchev–Trinajstić information content (AvgIpc) is 2.39. The zero-order valence-corrected chi connectivity index (χ0v) is 10.7. The molecule has 1 aromatic rings. The van der Waals surface area contributed by atoms with Gasteiger partial charge in [0, 0.05) is 12.3 Å². The summed E-state index contributed by atoms with van der Waals surface area (Å²) in [6, 6.07) is 6.89. The lowest BCUT2D eigenvalue weighted by atomic mass is 9.84. The Kier molecular flexibility index (Phi) is 4.00. The predicted octanol–water partition coefficient (Wildman–Crippen LogP) is 2.75. The Hall–Kier alpha value is -2.10. The van der Waals surface area contributed by atoms with Crippen LogP contribution < -0.4 is 0 Å². The number of rotatable bonds is 3. The largest absolute Gasteiger partial charge is 0.478 e. The molecule has 0 amide bonds. The van der Waals surface area contributed by atoms with Crippen molar-refractivity contribution in [3.63, 3.8) is 0 Å². The minimum absolute atomic E-state index is 0.0961. The van der Waals surface area contributed by atoms with Crippen molar-refractivity contribution in [3.05, 3.63) is 47.5 Å². The highest BCUT2D eigenvalue weighted by molar-refractivity contribution is 5.89. The third kappa shape index (κ3) is 2.84. The number of aromatic carboxylic acids is 1. The van der Waals surface area contributed by atoms with E-state index < -0.39 is 5.97 Å². The van der Waals surface area contributed by atoms with Gasteiger partial charge in [-0.2, -0.15) is 0 Å². The number of carboxylic acids is 1. The highest BCUT2D eigenvalue weighted by atomic mass is 16.5. The molecule has 1 fully saturated rings. The van der Waals surface area contributed by atoms with Crippen LogP contribution in [0.15, 0.2) is 36.4 Å². The second kappa shape index (κ2) is 5.69. The first-order valence-corrected chi connectivity index (χ1v) is 6.28. The van der Waals surface area contributed by atoms with Crippen molar-refractivity contribution >= 4 is 11.9 Å². The van der Waals surface area contributed by atoms with Gasteiger partial charge in [-0.15, -0.1) is 0 Å². The third-order valence-electron chi connectivity index (χ3n) is 3.30. The summed E-state index contributed by atoms with van der Waals surface area (Å²) in [7, 11) is 0. The molecule has 1 aliphatic heterocycles. The summed E-state index contributed by atoms with van der Waals surface area (Å²) in [6.45, 7) is 1.85. The zero-order chi connectivity index (χ0) is 13.8. The molecule has 1 heterocycles. The Labute approximate surface area is 111 Å². The standard InChI is InChI=1S/C15H16O4/c1-2-5-13-11(8-9-14(16)19-13)10-6-3-4-7-12(10)15(17)18/h2-7,11,13H,8-9H2,1H3,(H,17,18)/b5-2+/t11-,13+/m1/s1. The van der Waals surface area contributed by atoms with Crippen molar-refractivity contribution in [1.29, 1.82) is 0 Å². The SMILES string of the molecule is C/C=C/[C@@H]1OC(=O)CC[C@@H]1c1ccccc1C(=O)O. The maximum absolute atomic E-state index is 11.4. The predicted molar refractivity (Wildman–Crippen MR) is 70.1 cm³/mol. The first kappa shape index (κ1) is 13.3. The van der Waals surface area contributed by atoms with Crippen LogP contribution in [0, 0.1) is 0 Å². The maximum atomic E-state index is 11.4. The van der Waals surface area contributed by atoms with Crippen LogP contribution in [0.2, 0.25) is 0 Å². The third-order valence-corrected chi connectivity index (χ3v) is 3.30. The quantitative estimate of drug-likeness (QED) is 0.670. The summed E-state index contributed by atoms with van der Waals surface area (Å²) >= 11 is 0. The van der Waals surface area contributed by atoms with E-state index in [1.807, 2.05) is 19.1 Å². The van der Waals surface area contributed by atoms with Crippen molar-refractivity contribution < 1.29 is 19.4 Å². The van der Waals surface area contributed by atoms with E-state index in [1.54, 1.807) is 24.3 Å². The molecular weight excluding hydrogens is 244 g/mol. The highest BCUT2D eigenvalue weighted by Crippen LogP contribution is 2.34. The molecule has 2 rings (SSSR count). The molecule has 2 atom stereocenters. The number of benzene rings is 1. The van der Waals surface area contributed by atoms with Gasteiger partial charge in [-0.3, -0.25) is 4.79 Å². The van der Waals surface area contributed by atoms with Crippen LogP contribution in [0.5, 0.6) is 0 Å². The second-order valence-corrected chi connectivity index (χ2v) is 4.52. The van der Waals surface area contributed by atoms with Crippen LogP contribution >= 0.6 is 0 Å². The Morgan fingerprint density at radius 2 is 2.16 bits per heavy atom. The molecule has 19 heavy (non-hydrogen) atoms. The smallest absolute Gasteiger partial charge is 0.335 e. The normalized spacial score (nSPS) is 23.3. The summed E-state index contributed by atoms with van der Waals surface area (Å²) in [5.74, 6) is -1.28. The van der Waals surface area contributed by atoms with E-state index in [9.17, 15) is 14.7 Å². The van der Waals surface area contributed by atoms with E-state index in [4.69, 9.17) is 4.74 Å². The van der Waals surface area contributed by atoms with Gasteiger partial charge in [-0.1, -0.05) is 24.3 Å². The molecule has 0 aromatic heterocycles. The zero-order valence-electron chi connectivity index (χ0n) is 10.7. The summed E-state index contributed by atoms with van der Waals surface area (Å²) in [5, 5.41) is 9.24. The van der Waals surface area contributed by atoms with E-state index in [0.717, 1.165) is 5.56 Å². The molecule has 0 aliphatic carbocycles. The van der Waals surface area contributed by atoms with Gasteiger partial charge < -0.3 is 9.84 Å². The van der Waals surface area contributed by atoms with E-state index >= 15 is 0 Å². The van der Waals surface area contributed by atoms with Crippen LogP contribution in [0.3, 0.4) is 0 Å². The van der Waals surface area contributed by atoms with Crippen LogP contribution in [0.1, 0.15) is 41.6 Å². The van der Waals surface area contributed by atoms with Gasteiger partial charge in [0.25, 0.3) is 0 Å². The number of ether oxygens (including phenoxy) is 1. The summed E-state index contributed by atoms with van der Waals surface area (Å²) < 4.78 is 5.31. The number of allylic oxidation sites excluding steroid dienone is 1. The number of cyclic esters (lactones) is 1. The molecule has 4 nitrogen and oxygen atoms in total. The monoisotopic (exact) mass is 260 g/mol. The molecular formula is C15H16O4. The van der Waals surface area contributed by atoms with E-state index in [2.05, 4.69) is 0 Å². The van der Waals surface area contributed by atoms with Crippen molar-refractivity contribution in [2.24, 2.45) is 0 Å². The Bertz CT molecular complexity index is 519. The highest BCUT2D eigenvalue weighted by Gasteiger charge is 2.32. The molecule has 0 unspecified atom stereocenters. The van der Waals surface area contributed by atoms with Crippen LogP contribution in [-0.4, -0.2) is 23.1 Å². The fourth-order valence-corrected chi connectivity index (χ4v) is 2.44. The fourth-order valence-electron chi connectivity index (χ4n) is 2.44. The molecule has 1 aliphatic rings. The van der Waals surface area contributed by atoms with Crippen molar-refractivity contribution in [2.75, 3.05) is 0 Å². The van der Waals surface area contributed by atoms with Crippen LogP contribution in [0.4, 0.5) is 0 Å². The molecule has 100 valence electrons. The Morgan fingerprint density at radius 3 is 2.84 bits per heavy atom. The van der Waals surface area contributed by atoms with Crippen LogP contribution in [0.25, 0.3) is 0 Å². The fraction of sp³-hybridized carbons (Fsp3) is 0.333. The lowest BCUT2D eigenvalue weighted by Gasteiger charge is -2.30. The Morgan fingerprint density at radius 1 is 1.42 bits per heavy atom. The number of esters is 1. The second-order valence-electron chi connectivity index (χ2n) is 4.52. The topological polar surface area (TPSA) is 63.6 Å². The number of carbonyl (C=O) groups is 2. The molecule has 1 N–H and O–H groups in total. The Balaban J connectivity index is 2.38.